The van der Waals surface area contributed by atoms with Gasteiger partial charge < -0.3 is 36.9 Å². The summed E-state index contributed by atoms with van der Waals surface area (Å²) >= 11 is 0. The van der Waals surface area contributed by atoms with Gasteiger partial charge in [0, 0.05) is 23.5 Å². The Kier molecular flexibility index (Phi) is 8.51. The number of para-hydroxylation sites is 1. The number of hydrogen-bond donors (Lipinski definition) is 7. The van der Waals surface area contributed by atoms with Crippen molar-refractivity contribution in [2.45, 2.75) is 50.9 Å². The highest BCUT2D eigenvalue weighted by molar-refractivity contribution is 5.96. The third-order valence-corrected chi connectivity index (χ3v) is 4.89. The molecule has 2 aromatic rings. The van der Waals surface area contributed by atoms with Gasteiger partial charge in [0.1, 0.15) is 18.1 Å². The highest BCUT2D eigenvalue weighted by Crippen LogP contribution is 2.19. The fraction of sp³-hybridized carbons (Fsp3) is 0.381. The van der Waals surface area contributed by atoms with E-state index in [0.29, 0.717) is 5.56 Å². The van der Waals surface area contributed by atoms with Gasteiger partial charge in [-0.1, -0.05) is 18.2 Å². The second kappa shape index (κ2) is 11.1. The summed E-state index contributed by atoms with van der Waals surface area (Å²) in [5.41, 5.74) is 6.94. The molecule has 12 nitrogen and oxygen atoms in total. The molecule has 0 aliphatic rings. The lowest BCUT2D eigenvalue weighted by atomic mass is 10.0. The van der Waals surface area contributed by atoms with Crippen LogP contribution >= 0.6 is 0 Å². The quantitative estimate of drug-likeness (QED) is 0.223. The first kappa shape index (κ1) is 25.3. The third-order valence-electron chi connectivity index (χ3n) is 4.89. The van der Waals surface area contributed by atoms with Crippen LogP contribution in [-0.4, -0.2) is 69.0 Å². The molecule has 1 aromatic heterocycles. The van der Waals surface area contributed by atoms with Gasteiger partial charge in [-0.3, -0.25) is 24.0 Å². The van der Waals surface area contributed by atoms with Crippen molar-refractivity contribution in [1.29, 1.82) is 0 Å². The predicted octanol–water partition coefficient (Wildman–Crippen LogP) is -0.909. The molecule has 2 rings (SSSR count). The molecule has 0 saturated heterocycles. The van der Waals surface area contributed by atoms with Crippen molar-refractivity contribution in [3.05, 3.63) is 36.0 Å². The summed E-state index contributed by atoms with van der Waals surface area (Å²) in [6.07, 6.45) is 0.899. The fourth-order valence-corrected chi connectivity index (χ4v) is 3.06. The van der Waals surface area contributed by atoms with Gasteiger partial charge >= 0.3 is 11.9 Å². The van der Waals surface area contributed by atoms with Gasteiger partial charge in [-0.15, -0.1) is 0 Å². The van der Waals surface area contributed by atoms with E-state index >= 15 is 0 Å². The number of H-pyrrole nitrogens is 1. The largest absolute Gasteiger partial charge is 0.481 e. The van der Waals surface area contributed by atoms with E-state index in [4.69, 9.17) is 15.9 Å². The minimum Gasteiger partial charge on any atom is -0.481 e. The van der Waals surface area contributed by atoms with Crippen LogP contribution in [0.4, 0.5) is 0 Å². The summed E-state index contributed by atoms with van der Waals surface area (Å²) in [6.45, 7) is 2.63. The van der Waals surface area contributed by atoms with E-state index in [9.17, 15) is 24.0 Å². The van der Waals surface area contributed by atoms with Gasteiger partial charge in [-0.05, 0) is 25.5 Å². The van der Waals surface area contributed by atoms with Crippen LogP contribution in [0, 0.1) is 0 Å². The molecule has 3 amide bonds. The van der Waals surface area contributed by atoms with Gasteiger partial charge in [0.05, 0.1) is 12.5 Å². The molecule has 0 bridgehead atoms. The molecule has 0 radical (unpaired) electrons. The highest BCUT2D eigenvalue weighted by atomic mass is 16.4. The standard InChI is InChI=1S/C21H27N5O7/c1-10(22)18(29)25-16(8-17(27)28)20(31)26-15(19(30)24-11(2)21(32)33)7-12-9-23-14-6-4-3-5-13(12)14/h3-6,9-11,15-16,23H,7-8,22H2,1-2H3,(H,24,30)(H,25,29)(H,26,31)(H,27,28)(H,32,33). The number of amides is 3. The molecule has 8 N–H and O–H groups in total. The topological polar surface area (TPSA) is 204 Å². The van der Waals surface area contributed by atoms with Crippen LogP contribution in [0.2, 0.25) is 0 Å². The normalized spacial score (nSPS) is 14.5. The summed E-state index contributed by atoms with van der Waals surface area (Å²) in [7, 11) is 0. The molecule has 4 unspecified atom stereocenters. The average Bonchev–Trinajstić information content (AvgIpc) is 3.14. The minimum absolute atomic E-state index is 0.0189. The number of aromatic nitrogens is 1. The second-order valence-electron chi connectivity index (χ2n) is 7.64. The van der Waals surface area contributed by atoms with Gasteiger partial charge in [-0.25, -0.2) is 0 Å². The summed E-state index contributed by atoms with van der Waals surface area (Å²) in [5.74, 6) is -5.07. The van der Waals surface area contributed by atoms with E-state index < -0.39 is 60.2 Å². The van der Waals surface area contributed by atoms with E-state index in [0.717, 1.165) is 10.9 Å². The monoisotopic (exact) mass is 461 g/mol. The first-order valence-corrected chi connectivity index (χ1v) is 10.2. The maximum atomic E-state index is 12.8. The SMILES string of the molecule is CC(N)C(=O)NC(CC(=O)O)C(=O)NC(Cc1c[nH]c2ccccc12)C(=O)NC(C)C(=O)O. The molecule has 33 heavy (non-hydrogen) atoms. The number of nitrogens with two attached hydrogens (primary N) is 1. The summed E-state index contributed by atoms with van der Waals surface area (Å²) in [6, 6.07) is 2.30. The molecule has 12 heteroatoms. The van der Waals surface area contributed by atoms with Crippen LogP contribution in [0.3, 0.4) is 0 Å². The molecule has 0 aliphatic heterocycles. The zero-order chi connectivity index (χ0) is 24.7. The third kappa shape index (κ3) is 7.04. The van der Waals surface area contributed by atoms with Crippen LogP contribution < -0.4 is 21.7 Å². The first-order chi connectivity index (χ1) is 15.5. The summed E-state index contributed by atoms with van der Waals surface area (Å²) in [4.78, 5) is 63.0. The summed E-state index contributed by atoms with van der Waals surface area (Å²) in [5, 5.41) is 26.0. The number of carbonyl (C=O) groups excluding carboxylic acids is 3. The van der Waals surface area contributed by atoms with E-state index in [1.807, 2.05) is 18.2 Å². The van der Waals surface area contributed by atoms with Crippen molar-refractivity contribution in [3.8, 4) is 0 Å². The van der Waals surface area contributed by atoms with Crippen LogP contribution in [0.25, 0.3) is 10.9 Å². The van der Waals surface area contributed by atoms with E-state index in [1.54, 1.807) is 12.3 Å². The number of carboxylic acids is 2. The minimum atomic E-state index is -1.49. The molecule has 178 valence electrons. The Morgan fingerprint density at radius 1 is 0.939 bits per heavy atom. The molecule has 4 atom stereocenters. The van der Waals surface area contributed by atoms with Crippen molar-refractivity contribution in [3.63, 3.8) is 0 Å². The maximum Gasteiger partial charge on any atom is 0.325 e. The van der Waals surface area contributed by atoms with Gasteiger partial charge in [-0.2, -0.15) is 0 Å². The molecule has 0 aliphatic carbocycles. The number of aromatic amines is 1. The molecule has 0 fully saturated rings. The lowest BCUT2D eigenvalue weighted by Gasteiger charge is -2.23. The maximum absolute atomic E-state index is 12.8. The predicted molar refractivity (Wildman–Crippen MR) is 117 cm³/mol. The number of hydrogen-bond acceptors (Lipinski definition) is 6. The lowest BCUT2D eigenvalue weighted by Crippen LogP contribution is -2.57. The Morgan fingerprint density at radius 2 is 1.55 bits per heavy atom. The van der Waals surface area contributed by atoms with Crippen LogP contribution in [0.1, 0.15) is 25.8 Å². The van der Waals surface area contributed by atoms with Gasteiger partial charge in [0.15, 0.2) is 0 Å². The van der Waals surface area contributed by atoms with E-state index in [2.05, 4.69) is 20.9 Å². The molecule has 1 heterocycles. The molecular formula is C21H27N5O7. The average molecular weight is 461 g/mol. The molecular weight excluding hydrogens is 434 g/mol. The zero-order valence-electron chi connectivity index (χ0n) is 18.1. The smallest absolute Gasteiger partial charge is 0.325 e. The highest BCUT2D eigenvalue weighted by Gasteiger charge is 2.30. The van der Waals surface area contributed by atoms with Crippen molar-refractivity contribution < 1.29 is 34.2 Å². The Bertz CT molecular complexity index is 1050. The van der Waals surface area contributed by atoms with Crippen LogP contribution in [0.5, 0.6) is 0 Å². The Balaban J connectivity index is 2.29. The van der Waals surface area contributed by atoms with Crippen LogP contribution in [-0.2, 0) is 30.4 Å². The number of fused-ring (bicyclic) bond motifs is 1. The van der Waals surface area contributed by atoms with Crippen molar-refractivity contribution in [2.75, 3.05) is 0 Å². The Labute approximate surface area is 188 Å². The summed E-state index contributed by atoms with van der Waals surface area (Å²) < 4.78 is 0. The number of carbonyl (C=O) groups is 5. The van der Waals surface area contributed by atoms with E-state index in [-0.39, 0.29) is 6.42 Å². The number of aliphatic carboxylic acids is 2. The molecule has 1 aromatic carbocycles. The van der Waals surface area contributed by atoms with Gasteiger partial charge in [0.2, 0.25) is 17.7 Å². The fourth-order valence-electron chi connectivity index (χ4n) is 3.06. The zero-order valence-corrected chi connectivity index (χ0v) is 18.1. The lowest BCUT2D eigenvalue weighted by molar-refractivity contribution is -0.143. The van der Waals surface area contributed by atoms with Gasteiger partial charge in [0.25, 0.3) is 0 Å². The van der Waals surface area contributed by atoms with Crippen molar-refractivity contribution >= 4 is 40.6 Å². The molecule has 0 saturated carbocycles. The number of benzene rings is 1. The number of carboxylic acid groups (broad SMARTS) is 2. The van der Waals surface area contributed by atoms with Crippen LogP contribution in [0.15, 0.2) is 30.5 Å². The van der Waals surface area contributed by atoms with E-state index in [1.165, 1.54) is 13.8 Å². The van der Waals surface area contributed by atoms with Crippen molar-refractivity contribution in [1.82, 2.24) is 20.9 Å². The van der Waals surface area contributed by atoms with Crippen molar-refractivity contribution in [2.24, 2.45) is 5.73 Å². The Hall–Kier alpha value is -3.93. The number of nitrogens with one attached hydrogen (secondary N) is 4. The Morgan fingerprint density at radius 3 is 2.15 bits per heavy atom. The first-order valence-electron chi connectivity index (χ1n) is 10.2. The number of rotatable bonds is 11. The second-order valence-corrected chi connectivity index (χ2v) is 7.64. The molecule has 0 spiro atoms.